The van der Waals surface area contributed by atoms with Gasteiger partial charge in [0.2, 0.25) is 0 Å². The van der Waals surface area contributed by atoms with Gasteiger partial charge in [0.15, 0.2) is 5.03 Å². The van der Waals surface area contributed by atoms with Crippen LogP contribution in [0.5, 0.6) is 0 Å². The zero-order valence-electron chi connectivity index (χ0n) is 11.8. The van der Waals surface area contributed by atoms with E-state index in [0.29, 0.717) is 16.5 Å². The number of anilines is 1. The number of hydrogen-bond acceptors (Lipinski definition) is 4. The molecule has 0 fully saturated rings. The van der Waals surface area contributed by atoms with E-state index in [1.165, 1.54) is 12.3 Å². The maximum atomic E-state index is 12.3. The Morgan fingerprint density at radius 2 is 2.05 bits per heavy atom. The molecule has 1 aromatic heterocycles. The highest BCUT2D eigenvalue weighted by molar-refractivity contribution is 7.89. The predicted molar refractivity (Wildman–Crippen MR) is 73.5 cm³/mol. The van der Waals surface area contributed by atoms with E-state index >= 15 is 0 Å². The molecule has 0 aliphatic carbocycles. The van der Waals surface area contributed by atoms with Gasteiger partial charge in [0.05, 0.1) is 12.1 Å². The summed E-state index contributed by atoms with van der Waals surface area (Å²) < 4.78 is 61.9. The maximum Gasteiger partial charge on any atom is 0.390 e. The number of rotatable bonds is 7. The van der Waals surface area contributed by atoms with E-state index in [4.69, 9.17) is 0 Å². The summed E-state index contributed by atoms with van der Waals surface area (Å²) in [6.07, 6.45) is -3.54. The van der Waals surface area contributed by atoms with Crippen molar-refractivity contribution in [1.29, 1.82) is 0 Å². The van der Waals surface area contributed by atoms with Gasteiger partial charge in [-0.25, -0.2) is 13.4 Å². The molecule has 120 valence electrons. The third kappa shape index (κ3) is 5.16. The van der Waals surface area contributed by atoms with Crippen molar-refractivity contribution < 1.29 is 21.6 Å². The molecule has 0 atom stereocenters. The van der Waals surface area contributed by atoms with Crippen molar-refractivity contribution >= 4 is 15.7 Å². The molecule has 1 rings (SSSR count). The average molecular weight is 325 g/mol. The first-order valence-corrected chi connectivity index (χ1v) is 7.84. The van der Waals surface area contributed by atoms with Crippen LogP contribution in [0.4, 0.5) is 18.9 Å². The van der Waals surface area contributed by atoms with Gasteiger partial charge in [-0.05, 0) is 18.6 Å². The van der Waals surface area contributed by atoms with Gasteiger partial charge in [-0.1, -0.05) is 6.92 Å². The number of alkyl halides is 3. The lowest BCUT2D eigenvalue weighted by molar-refractivity contribution is -0.135. The van der Waals surface area contributed by atoms with Crippen molar-refractivity contribution in [3.8, 4) is 0 Å². The molecule has 0 saturated carbocycles. The lowest BCUT2D eigenvalue weighted by Gasteiger charge is -2.19. The first kappa shape index (κ1) is 17.7. The Hall–Kier alpha value is -1.35. The minimum absolute atomic E-state index is 0.261. The highest BCUT2D eigenvalue weighted by Crippen LogP contribution is 2.24. The van der Waals surface area contributed by atoms with Gasteiger partial charge < -0.3 is 5.32 Å². The van der Waals surface area contributed by atoms with Gasteiger partial charge in [-0.15, -0.1) is 0 Å². The van der Waals surface area contributed by atoms with Crippen LogP contribution in [-0.4, -0.2) is 44.0 Å². The van der Waals surface area contributed by atoms with Gasteiger partial charge in [0.25, 0.3) is 10.0 Å². The van der Waals surface area contributed by atoms with Crippen LogP contribution >= 0.6 is 0 Å². The first-order valence-electron chi connectivity index (χ1n) is 6.40. The highest BCUT2D eigenvalue weighted by atomic mass is 32.2. The molecule has 1 N–H and O–H groups in total. The Labute approximate surface area is 122 Å². The number of sulfonamides is 1. The van der Waals surface area contributed by atoms with E-state index in [2.05, 4.69) is 10.3 Å². The van der Waals surface area contributed by atoms with Crippen molar-refractivity contribution in [2.75, 3.05) is 25.5 Å². The second-order valence-corrected chi connectivity index (χ2v) is 6.43. The zero-order valence-corrected chi connectivity index (χ0v) is 12.6. The molecule has 0 bridgehead atoms. The number of pyridine rings is 1. The molecule has 0 saturated heterocycles. The molecule has 9 heteroatoms. The van der Waals surface area contributed by atoms with E-state index in [1.54, 1.807) is 6.07 Å². The van der Waals surface area contributed by atoms with Crippen LogP contribution in [0.2, 0.25) is 0 Å². The Morgan fingerprint density at radius 1 is 1.38 bits per heavy atom. The van der Waals surface area contributed by atoms with Crippen molar-refractivity contribution in [2.24, 2.45) is 0 Å². The van der Waals surface area contributed by atoms with Crippen molar-refractivity contribution in [3.63, 3.8) is 0 Å². The Bertz CT molecular complexity index is 561. The minimum atomic E-state index is -4.41. The molecular formula is C12H18F3N3O2S. The van der Waals surface area contributed by atoms with Gasteiger partial charge in [0.1, 0.15) is 0 Å². The lowest BCUT2D eigenvalue weighted by Crippen LogP contribution is -2.31. The number of aromatic nitrogens is 1. The molecule has 0 aromatic carbocycles. The second-order valence-electron chi connectivity index (χ2n) is 4.47. The molecule has 0 aliphatic rings. The SMILES string of the molecule is CCCNc1cccnc1S(=O)(=O)N(C)CCC(F)(F)F. The highest BCUT2D eigenvalue weighted by Gasteiger charge is 2.31. The quantitative estimate of drug-likeness (QED) is 0.836. The van der Waals surface area contributed by atoms with Crippen LogP contribution in [-0.2, 0) is 10.0 Å². The topological polar surface area (TPSA) is 62.3 Å². The molecule has 21 heavy (non-hydrogen) atoms. The molecule has 1 aromatic rings. The smallest absolute Gasteiger partial charge is 0.383 e. The Balaban J connectivity index is 2.96. The fourth-order valence-electron chi connectivity index (χ4n) is 1.54. The van der Waals surface area contributed by atoms with Crippen LogP contribution in [0.3, 0.4) is 0 Å². The molecule has 5 nitrogen and oxygen atoms in total. The predicted octanol–water partition coefficient (Wildman–Crippen LogP) is 2.48. The first-order chi connectivity index (χ1) is 9.68. The lowest BCUT2D eigenvalue weighted by atomic mass is 10.4. The van der Waals surface area contributed by atoms with Crippen LogP contribution in [0, 0.1) is 0 Å². The molecule has 0 radical (unpaired) electrons. The van der Waals surface area contributed by atoms with Gasteiger partial charge in [-0.3, -0.25) is 0 Å². The molecule has 0 spiro atoms. The van der Waals surface area contributed by atoms with Gasteiger partial charge in [0, 0.05) is 26.3 Å². The Morgan fingerprint density at radius 3 is 2.62 bits per heavy atom. The standard InChI is InChI=1S/C12H18F3N3O2S/c1-3-7-16-10-5-4-8-17-11(10)21(19,20)18(2)9-6-12(13,14)15/h4-5,8,16H,3,6-7,9H2,1-2H3. The second kappa shape index (κ2) is 7.08. The molecule has 0 aliphatic heterocycles. The largest absolute Gasteiger partial charge is 0.390 e. The van der Waals surface area contributed by atoms with Crippen LogP contribution in [0.25, 0.3) is 0 Å². The van der Waals surface area contributed by atoms with E-state index in [1.807, 2.05) is 6.92 Å². The fourth-order valence-corrected chi connectivity index (χ4v) is 2.78. The molecule has 1 heterocycles. The van der Waals surface area contributed by atoms with Gasteiger partial charge in [-0.2, -0.15) is 17.5 Å². The third-order valence-electron chi connectivity index (χ3n) is 2.70. The maximum absolute atomic E-state index is 12.3. The van der Waals surface area contributed by atoms with E-state index in [9.17, 15) is 21.6 Å². The van der Waals surface area contributed by atoms with Crippen molar-refractivity contribution in [2.45, 2.75) is 31.0 Å². The molecule has 0 amide bonds. The minimum Gasteiger partial charge on any atom is -0.383 e. The molecular weight excluding hydrogens is 307 g/mol. The summed E-state index contributed by atoms with van der Waals surface area (Å²) in [7, 11) is -2.95. The zero-order chi connectivity index (χ0) is 16.1. The van der Waals surface area contributed by atoms with Crippen molar-refractivity contribution in [1.82, 2.24) is 9.29 Å². The summed E-state index contributed by atoms with van der Waals surface area (Å²) in [6.45, 7) is 1.81. The summed E-state index contributed by atoms with van der Waals surface area (Å²) in [5, 5.41) is 2.64. The molecule has 0 unspecified atom stereocenters. The monoisotopic (exact) mass is 325 g/mol. The number of hydrogen-bond donors (Lipinski definition) is 1. The summed E-state index contributed by atoms with van der Waals surface area (Å²) in [6, 6.07) is 3.10. The van der Waals surface area contributed by atoms with Crippen LogP contribution in [0.15, 0.2) is 23.4 Å². The number of nitrogens with one attached hydrogen (secondary N) is 1. The van der Waals surface area contributed by atoms with E-state index < -0.39 is 29.2 Å². The fraction of sp³-hybridized carbons (Fsp3) is 0.583. The number of nitrogens with zero attached hydrogens (tertiary/aromatic N) is 2. The number of halogens is 3. The summed E-state index contributed by atoms with van der Waals surface area (Å²) in [4.78, 5) is 3.80. The van der Waals surface area contributed by atoms with E-state index in [-0.39, 0.29) is 5.03 Å². The summed E-state index contributed by atoms with van der Waals surface area (Å²) in [5.74, 6) is 0. The van der Waals surface area contributed by atoms with Crippen molar-refractivity contribution in [3.05, 3.63) is 18.3 Å². The van der Waals surface area contributed by atoms with E-state index in [0.717, 1.165) is 13.5 Å². The Kier molecular flexibility index (Phi) is 5.97. The van der Waals surface area contributed by atoms with Crippen LogP contribution < -0.4 is 5.32 Å². The third-order valence-corrected chi connectivity index (χ3v) is 4.52. The summed E-state index contributed by atoms with van der Waals surface area (Å²) >= 11 is 0. The normalized spacial score (nSPS) is 12.7. The average Bonchev–Trinajstić information content (AvgIpc) is 2.41. The van der Waals surface area contributed by atoms with Crippen LogP contribution in [0.1, 0.15) is 19.8 Å². The van der Waals surface area contributed by atoms with Gasteiger partial charge >= 0.3 is 6.18 Å². The summed E-state index contributed by atoms with van der Waals surface area (Å²) in [5.41, 5.74) is 0.290.